The standard InChI is InChI=1S/C19H30N2O3/c1-4-5-6-10-13-18(22)20-15(2)16(3)21-19(23)24-14-17-11-8-7-9-12-17/h7-9,11-12,15-16H,4-6,10,13-14H2,1-3H3,(H,20,22)(H,21,23)/t15-,16-/m0/s1. The van der Waals surface area contributed by atoms with Crippen molar-refractivity contribution < 1.29 is 14.3 Å². The van der Waals surface area contributed by atoms with Crippen molar-refractivity contribution in [3.05, 3.63) is 35.9 Å². The van der Waals surface area contributed by atoms with Gasteiger partial charge in [0.15, 0.2) is 0 Å². The summed E-state index contributed by atoms with van der Waals surface area (Å²) >= 11 is 0. The van der Waals surface area contributed by atoms with Crippen LogP contribution >= 0.6 is 0 Å². The first-order valence-corrected chi connectivity index (χ1v) is 8.79. The molecule has 0 fully saturated rings. The molecular weight excluding hydrogens is 304 g/mol. The molecule has 24 heavy (non-hydrogen) atoms. The number of hydrogen-bond acceptors (Lipinski definition) is 3. The van der Waals surface area contributed by atoms with E-state index in [9.17, 15) is 9.59 Å². The third-order valence-electron chi connectivity index (χ3n) is 3.95. The second-order valence-electron chi connectivity index (χ2n) is 6.16. The maximum atomic E-state index is 11.9. The van der Waals surface area contributed by atoms with Gasteiger partial charge in [0, 0.05) is 18.5 Å². The van der Waals surface area contributed by atoms with Gasteiger partial charge in [0.25, 0.3) is 0 Å². The lowest BCUT2D eigenvalue weighted by Gasteiger charge is -2.22. The summed E-state index contributed by atoms with van der Waals surface area (Å²) < 4.78 is 5.18. The minimum Gasteiger partial charge on any atom is -0.445 e. The Kier molecular flexibility index (Phi) is 9.58. The summed E-state index contributed by atoms with van der Waals surface area (Å²) in [7, 11) is 0. The first-order valence-electron chi connectivity index (χ1n) is 8.79. The van der Waals surface area contributed by atoms with Crippen LogP contribution in [0.4, 0.5) is 4.79 Å². The predicted molar refractivity (Wildman–Crippen MR) is 95.6 cm³/mol. The van der Waals surface area contributed by atoms with Gasteiger partial charge >= 0.3 is 6.09 Å². The highest BCUT2D eigenvalue weighted by atomic mass is 16.5. The topological polar surface area (TPSA) is 67.4 Å². The van der Waals surface area contributed by atoms with Crippen LogP contribution in [0, 0.1) is 0 Å². The Balaban J connectivity index is 2.23. The second-order valence-corrected chi connectivity index (χ2v) is 6.16. The number of carbonyl (C=O) groups excluding carboxylic acids is 2. The first-order chi connectivity index (χ1) is 11.5. The van der Waals surface area contributed by atoms with Gasteiger partial charge in [0.05, 0.1) is 0 Å². The summed E-state index contributed by atoms with van der Waals surface area (Å²) in [6.07, 6.45) is 4.37. The summed E-state index contributed by atoms with van der Waals surface area (Å²) in [6, 6.07) is 9.17. The van der Waals surface area contributed by atoms with E-state index in [1.165, 1.54) is 0 Å². The predicted octanol–water partition coefficient (Wildman–Crippen LogP) is 3.78. The summed E-state index contributed by atoms with van der Waals surface area (Å²) in [5.74, 6) is 0.0323. The fraction of sp³-hybridized carbons (Fsp3) is 0.579. The Labute approximate surface area is 145 Å². The number of alkyl carbamates (subject to hydrolysis) is 1. The molecule has 2 N–H and O–H groups in total. The van der Waals surface area contributed by atoms with Crippen LogP contribution in [0.3, 0.4) is 0 Å². The Morgan fingerprint density at radius 3 is 2.33 bits per heavy atom. The molecule has 1 aromatic rings. The van der Waals surface area contributed by atoms with Gasteiger partial charge in [-0.25, -0.2) is 4.79 Å². The molecule has 0 radical (unpaired) electrons. The number of amides is 2. The van der Waals surface area contributed by atoms with Gasteiger partial charge in [-0.1, -0.05) is 56.5 Å². The van der Waals surface area contributed by atoms with Gasteiger partial charge in [-0.2, -0.15) is 0 Å². The lowest BCUT2D eigenvalue weighted by atomic mass is 10.1. The number of nitrogens with one attached hydrogen (secondary N) is 2. The van der Waals surface area contributed by atoms with Crippen molar-refractivity contribution >= 4 is 12.0 Å². The first kappa shape index (κ1) is 20.0. The van der Waals surface area contributed by atoms with Gasteiger partial charge in [-0.05, 0) is 25.8 Å². The quantitative estimate of drug-likeness (QED) is 0.640. The number of ether oxygens (including phenoxy) is 1. The normalized spacial score (nSPS) is 13.0. The van der Waals surface area contributed by atoms with Gasteiger partial charge in [-0.3, -0.25) is 4.79 Å². The molecule has 0 spiro atoms. The maximum absolute atomic E-state index is 11.9. The molecule has 0 aliphatic heterocycles. The molecule has 2 amide bonds. The van der Waals surface area contributed by atoms with Crippen LogP contribution in [-0.4, -0.2) is 24.1 Å². The highest BCUT2D eigenvalue weighted by molar-refractivity contribution is 5.76. The lowest BCUT2D eigenvalue weighted by Crippen LogP contribution is -2.48. The molecule has 0 aliphatic carbocycles. The van der Waals surface area contributed by atoms with Crippen molar-refractivity contribution in [2.75, 3.05) is 0 Å². The molecule has 5 heteroatoms. The van der Waals surface area contributed by atoms with Crippen molar-refractivity contribution in [2.24, 2.45) is 0 Å². The fourth-order valence-electron chi connectivity index (χ4n) is 2.24. The van der Waals surface area contributed by atoms with E-state index in [-0.39, 0.29) is 24.6 Å². The molecule has 0 aromatic heterocycles. The minimum atomic E-state index is -0.476. The van der Waals surface area contributed by atoms with E-state index in [2.05, 4.69) is 17.6 Å². The molecule has 0 saturated heterocycles. The van der Waals surface area contributed by atoms with Crippen LogP contribution < -0.4 is 10.6 Å². The Morgan fingerprint density at radius 1 is 1.00 bits per heavy atom. The summed E-state index contributed by atoms with van der Waals surface area (Å²) in [5.41, 5.74) is 0.939. The monoisotopic (exact) mass is 334 g/mol. The summed E-state index contributed by atoms with van der Waals surface area (Å²) in [4.78, 5) is 23.7. The van der Waals surface area contributed by atoms with Crippen LogP contribution in [0.15, 0.2) is 30.3 Å². The van der Waals surface area contributed by atoms with Crippen LogP contribution in [-0.2, 0) is 16.1 Å². The van der Waals surface area contributed by atoms with Crippen molar-refractivity contribution in [3.63, 3.8) is 0 Å². The van der Waals surface area contributed by atoms with Crippen LogP contribution in [0.5, 0.6) is 0 Å². The zero-order valence-corrected chi connectivity index (χ0v) is 15.0. The van der Waals surface area contributed by atoms with Crippen molar-refractivity contribution in [2.45, 2.75) is 71.6 Å². The average Bonchev–Trinajstić information content (AvgIpc) is 2.57. The van der Waals surface area contributed by atoms with E-state index in [1.807, 2.05) is 44.2 Å². The lowest BCUT2D eigenvalue weighted by molar-refractivity contribution is -0.122. The number of unbranched alkanes of at least 4 members (excludes halogenated alkanes) is 3. The highest BCUT2D eigenvalue weighted by Gasteiger charge is 2.17. The Hall–Kier alpha value is -2.04. The molecular formula is C19H30N2O3. The Bertz CT molecular complexity index is 491. The van der Waals surface area contributed by atoms with Crippen molar-refractivity contribution in [1.82, 2.24) is 10.6 Å². The fourth-order valence-corrected chi connectivity index (χ4v) is 2.24. The zero-order valence-electron chi connectivity index (χ0n) is 15.0. The SMILES string of the molecule is CCCCCCC(=O)N[C@@H](C)[C@H](C)NC(=O)OCc1ccccc1. The molecule has 0 heterocycles. The molecule has 0 bridgehead atoms. The summed E-state index contributed by atoms with van der Waals surface area (Å²) in [5, 5.41) is 5.68. The molecule has 5 nitrogen and oxygen atoms in total. The van der Waals surface area contributed by atoms with E-state index in [0.29, 0.717) is 6.42 Å². The average molecular weight is 334 g/mol. The summed E-state index contributed by atoms with van der Waals surface area (Å²) in [6.45, 7) is 6.11. The number of hydrogen-bond donors (Lipinski definition) is 2. The van der Waals surface area contributed by atoms with Crippen LogP contribution in [0.25, 0.3) is 0 Å². The molecule has 0 aliphatic rings. The van der Waals surface area contributed by atoms with Crippen molar-refractivity contribution in [1.29, 1.82) is 0 Å². The largest absolute Gasteiger partial charge is 0.445 e. The van der Waals surface area contributed by atoms with Crippen molar-refractivity contribution in [3.8, 4) is 0 Å². The van der Waals surface area contributed by atoms with Gasteiger partial charge in [0.2, 0.25) is 5.91 Å². The Morgan fingerprint density at radius 2 is 1.67 bits per heavy atom. The van der Waals surface area contributed by atoms with E-state index >= 15 is 0 Å². The minimum absolute atomic E-state index is 0.0323. The second kappa shape index (κ2) is 11.5. The van der Waals surface area contributed by atoms with E-state index in [0.717, 1.165) is 31.2 Å². The van der Waals surface area contributed by atoms with Crippen LogP contribution in [0.2, 0.25) is 0 Å². The number of rotatable bonds is 10. The van der Waals surface area contributed by atoms with E-state index in [4.69, 9.17) is 4.74 Å². The third-order valence-corrected chi connectivity index (χ3v) is 3.95. The molecule has 2 atom stereocenters. The molecule has 1 aromatic carbocycles. The molecule has 0 saturated carbocycles. The maximum Gasteiger partial charge on any atom is 0.407 e. The number of benzene rings is 1. The molecule has 134 valence electrons. The van der Waals surface area contributed by atoms with Gasteiger partial charge in [0.1, 0.15) is 6.61 Å². The van der Waals surface area contributed by atoms with E-state index in [1.54, 1.807) is 0 Å². The third kappa shape index (κ3) is 8.56. The molecule has 1 rings (SSSR count). The van der Waals surface area contributed by atoms with Crippen LogP contribution in [0.1, 0.15) is 58.4 Å². The number of carbonyl (C=O) groups is 2. The van der Waals surface area contributed by atoms with Gasteiger partial charge < -0.3 is 15.4 Å². The zero-order chi connectivity index (χ0) is 17.8. The van der Waals surface area contributed by atoms with Gasteiger partial charge in [-0.15, -0.1) is 0 Å². The van der Waals surface area contributed by atoms with E-state index < -0.39 is 6.09 Å². The highest BCUT2D eigenvalue weighted by Crippen LogP contribution is 2.04. The smallest absolute Gasteiger partial charge is 0.407 e. The molecule has 0 unspecified atom stereocenters.